The molecule has 0 aliphatic rings. The summed E-state index contributed by atoms with van der Waals surface area (Å²) < 4.78 is 0. The van der Waals surface area contributed by atoms with Crippen LogP contribution >= 0.6 is 0 Å². The Hall–Kier alpha value is -1.24. The van der Waals surface area contributed by atoms with Gasteiger partial charge in [0, 0.05) is 17.8 Å². The summed E-state index contributed by atoms with van der Waals surface area (Å²) in [6.45, 7) is 3.90. The number of aromatic nitrogens is 1. The summed E-state index contributed by atoms with van der Waals surface area (Å²) in [6.07, 6.45) is 3.95. The topological polar surface area (TPSA) is 15.8 Å². The molecule has 0 bridgehead atoms. The van der Waals surface area contributed by atoms with Crippen LogP contribution < -0.4 is 0 Å². The molecule has 1 aromatic carbocycles. The highest BCUT2D eigenvalue weighted by molar-refractivity contribution is 5.85. The van der Waals surface area contributed by atoms with Gasteiger partial charge in [0.1, 0.15) is 0 Å². The lowest BCUT2D eigenvalue weighted by Gasteiger charge is -1.91. The quantitative estimate of drug-likeness (QED) is 0.563. The molecule has 0 spiro atoms. The first-order valence-corrected chi connectivity index (χ1v) is 3.25. The third kappa shape index (κ3) is 0.637. The van der Waals surface area contributed by atoms with Crippen molar-refractivity contribution < 1.29 is 0 Å². The fourth-order valence-electron chi connectivity index (χ4n) is 1.15. The molecular weight excluding hydrogens is 122 g/mol. The van der Waals surface area contributed by atoms with Crippen molar-refractivity contribution in [1.29, 1.82) is 0 Å². The molecule has 2 aromatic rings. The van der Waals surface area contributed by atoms with Crippen LogP contribution in [0.1, 0.15) is 5.56 Å². The van der Waals surface area contributed by atoms with E-state index in [1.165, 1.54) is 10.8 Å². The minimum Gasteiger partial charge on any atom is -0.366 e. The maximum absolute atomic E-state index is 3.90. The molecule has 49 valence electrons. The van der Waals surface area contributed by atoms with Crippen molar-refractivity contribution in [2.24, 2.45) is 0 Å². The number of H-pyrrole nitrogens is 1. The predicted octanol–water partition coefficient (Wildman–Crippen LogP) is 2.35. The SMILES string of the molecule is [CH2]c1cccc2c[nH]cc12. The van der Waals surface area contributed by atoms with E-state index in [1.807, 2.05) is 24.5 Å². The molecule has 2 rings (SSSR count). The van der Waals surface area contributed by atoms with E-state index in [0.29, 0.717) is 0 Å². The molecule has 1 radical (unpaired) electrons. The third-order valence-corrected chi connectivity index (χ3v) is 1.70. The van der Waals surface area contributed by atoms with Crippen LogP contribution in [0.2, 0.25) is 0 Å². The molecule has 0 unspecified atom stereocenters. The summed E-state index contributed by atoms with van der Waals surface area (Å²) in [5, 5.41) is 2.44. The number of aromatic amines is 1. The fourth-order valence-corrected chi connectivity index (χ4v) is 1.15. The molecule has 1 nitrogen and oxygen atoms in total. The molecule has 0 saturated heterocycles. The van der Waals surface area contributed by atoms with Gasteiger partial charge in [-0.3, -0.25) is 0 Å². The highest BCUT2D eigenvalue weighted by Gasteiger charge is 1.93. The minimum absolute atomic E-state index is 1.08. The van der Waals surface area contributed by atoms with Gasteiger partial charge < -0.3 is 4.98 Å². The van der Waals surface area contributed by atoms with E-state index >= 15 is 0 Å². The molecule has 0 amide bonds. The molecule has 10 heavy (non-hydrogen) atoms. The molecule has 0 fully saturated rings. The van der Waals surface area contributed by atoms with Crippen LogP contribution in [0.15, 0.2) is 30.6 Å². The summed E-state index contributed by atoms with van der Waals surface area (Å²) in [5.41, 5.74) is 1.08. The Morgan fingerprint density at radius 3 is 2.90 bits per heavy atom. The maximum Gasteiger partial charge on any atom is 0.00871 e. The lowest BCUT2D eigenvalue weighted by Crippen LogP contribution is -1.69. The lowest BCUT2D eigenvalue weighted by molar-refractivity contribution is 1.43. The van der Waals surface area contributed by atoms with E-state index in [2.05, 4.69) is 18.0 Å². The number of hydrogen-bond acceptors (Lipinski definition) is 0. The van der Waals surface area contributed by atoms with E-state index in [4.69, 9.17) is 0 Å². The molecule has 0 atom stereocenters. The van der Waals surface area contributed by atoms with E-state index in [9.17, 15) is 0 Å². The maximum atomic E-state index is 3.90. The normalized spacial score (nSPS) is 10.5. The van der Waals surface area contributed by atoms with Crippen LogP contribution in [0.25, 0.3) is 10.8 Å². The Kier molecular flexibility index (Phi) is 1.04. The zero-order chi connectivity index (χ0) is 6.97. The molecule has 0 aliphatic heterocycles. The first kappa shape index (κ1) is 5.54. The van der Waals surface area contributed by atoms with Gasteiger partial charge in [-0.2, -0.15) is 0 Å². The Morgan fingerprint density at radius 1 is 1.20 bits per heavy atom. The summed E-state index contributed by atoms with van der Waals surface area (Å²) in [6, 6.07) is 6.09. The molecule has 0 aliphatic carbocycles. The second-order valence-electron chi connectivity index (χ2n) is 2.38. The van der Waals surface area contributed by atoms with Crippen molar-refractivity contribution in [2.45, 2.75) is 0 Å². The van der Waals surface area contributed by atoms with Crippen molar-refractivity contribution in [3.05, 3.63) is 43.1 Å². The van der Waals surface area contributed by atoms with Crippen LogP contribution in [-0.4, -0.2) is 4.98 Å². The van der Waals surface area contributed by atoms with Crippen molar-refractivity contribution >= 4 is 10.8 Å². The highest BCUT2D eigenvalue weighted by atomic mass is 14.6. The van der Waals surface area contributed by atoms with Gasteiger partial charge >= 0.3 is 0 Å². The molecular formula is C9H8N. The van der Waals surface area contributed by atoms with Crippen LogP contribution in [0.3, 0.4) is 0 Å². The van der Waals surface area contributed by atoms with Gasteiger partial charge in [-0.1, -0.05) is 18.2 Å². The van der Waals surface area contributed by atoms with E-state index in [-0.39, 0.29) is 0 Å². The first-order valence-electron chi connectivity index (χ1n) is 3.25. The Labute approximate surface area is 59.7 Å². The third-order valence-electron chi connectivity index (χ3n) is 1.70. The standard InChI is InChI=1S/C9H8N/c1-7-3-2-4-8-5-10-6-9(7)8/h2-6,10H,1H2. The predicted molar refractivity (Wildman–Crippen MR) is 42.8 cm³/mol. The van der Waals surface area contributed by atoms with Crippen molar-refractivity contribution in [1.82, 2.24) is 4.98 Å². The summed E-state index contributed by atoms with van der Waals surface area (Å²) in [5.74, 6) is 0. The number of nitrogens with one attached hydrogen (secondary N) is 1. The number of hydrogen-bond donors (Lipinski definition) is 1. The monoisotopic (exact) mass is 130 g/mol. The Bertz CT molecular complexity index is 346. The zero-order valence-corrected chi connectivity index (χ0v) is 5.59. The van der Waals surface area contributed by atoms with E-state index in [1.54, 1.807) is 0 Å². The van der Waals surface area contributed by atoms with Gasteiger partial charge in [0.15, 0.2) is 0 Å². The smallest absolute Gasteiger partial charge is 0.00871 e. The Morgan fingerprint density at radius 2 is 2.10 bits per heavy atom. The van der Waals surface area contributed by atoms with E-state index < -0.39 is 0 Å². The largest absolute Gasteiger partial charge is 0.366 e. The van der Waals surface area contributed by atoms with E-state index in [0.717, 1.165) is 5.56 Å². The average molecular weight is 130 g/mol. The molecule has 1 aromatic heterocycles. The lowest BCUT2D eigenvalue weighted by atomic mass is 10.1. The Balaban J connectivity index is 2.95. The number of fused-ring (bicyclic) bond motifs is 1. The minimum atomic E-state index is 1.08. The number of benzene rings is 1. The van der Waals surface area contributed by atoms with Gasteiger partial charge in [0.05, 0.1) is 0 Å². The van der Waals surface area contributed by atoms with Gasteiger partial charge in [0.25, 0.3) is 0 Å². The molecule has 1 heteroatoms. The van der Waals surface area contributed by atoms with Crippen LogP contribution in [-0.2, 0) is 0 Å². The van der Waals surface area contributed by atoms with Crippen molar-refractivity contribution in [3.8, 4) is 0 Å². The zero-order valence-electron chi connectivity index (χ0n) is 5.59. The molecule has 0 saturated carbocycles. The first-order chi connectivity index (χ1) is 4.88. The summed E-state index contributed by atoms with van der Waals surface area (Å²) >= 11 is 0. The fraction of sp³-hybridized carbons (Fsp3) is 0. The average Bonchev–Trinajstić information content (AvgIpc) is 2.36. The summed E-state index contributed by atoms with van der Waals surface area (Å²) in [7, 11) is 0. The van der Waals surface area contributed by atoms with Gasteiger partial charge in [-0.15, -0.1) is 0 Å². The molecule has 1 heterocycles. The second-order valence-corrected chi connectivity index (χ2v) is 2.38. The van der Waals surface area contributed by atoms with Crippen LogP contribution in [0.4, 0.5) is 0 Å². The van der Waals surface area contributed by atoms with Crippen LogP contribution in [0.5, 0.6) is 0 Å². The highest BCUT2D eigenvalue weighted by Crippen LogP contribution is 2.16. The van der Waals surface area contributed by atoms with Crippen LogP contribution in [0, 0.1) is 6.92 Å². The van der Waals surface area contributed by atoms with Gasteiger partial charge in [0.2, 0.25) is 0 Å². The molecule has 1 N–H and O–H groups in total. The van der Waals surface area contributed by atoms with Crippen molar-refractivity contribution in [2.75, 3.05) is 0 Å². The summed E-state index contributed by atoms with van der Waals surface area (Å²) in [4.78, 5) is 3.04. The van der Waals surface area contributed by atoms with Gasteiger partial charge in [-0.05, 0) is 17.9 Å². The van der Waals surface area contributed by atoms with Gasteiger partial charge in [-0.25, -0.2) is 0 Å². The number of rotatable bonds is 0. The van der Waals surface area contributed by atoms with Crippen molar-refractivity contribution in [3.63, 3.8) is 0 Å². The second kappa shape index (κ2) is 1.87.